The number of ether oxygens (including phenoxy) is 1. The van der Waals surface area contributed by atoms with E-state index in [1.54, 1.807) is 12.3 Å². The monoisotopic (exact) mass is 230 g/mol. The van der Waals surface area contributed by atoms with Gasteiger partial charge in [0, 0.05) is 25.0 Å². The summed E-state index contributed by atoms with van der Waals surface area (Å²) >= 11 is 5.72. The molecule has 15 heavy (non-hydrogen) atoms. The quantitative estimate of drug-likeness (QED) is 0.551. The molecular weight excluding hydrogens is 216 g/mol. The lowest BCUT2D eigenvalue weighted by Crippen LogP contribution is -2.07. The van der Waals surface area contributed by atoms with Crippen LogP contribution in [0.25, 0.3) is 0 Å². The Balaban J connectivity index is 2.10. The highest BCUT2D eigenvalue weighted by Gasteiger charge is 1.93. The number of aromatic nitrogens is 1. The van der Waals surface area contributed by atoms with Crippen molar-refractivity contribution in [3.63, 3.8) is 0 Å². The number of aliphatic hydroxyl groups is 1. The zero-order valence-electron chi connectivity index (χ0n) is 8.45. The first kappa shape index (κ1) is 12.2. The molecule has 0 radical (unpaired) electrons. The minimum Gasteiger partial charge on any atom is -0.394 e. The molecule has 1 heterocycles. The lowest BCUT2D eigenvalue weighted by molar-refractivity contribution is 0.0922. The average Bonchev–Trinajstić information content (AvgIpc) is 2.23. The van der Waals surface area contributed by atoms with Gasteiger partial charge >= 0.3 is 0 Å². The summed E-state index contributed by atoms with van der Waals surface area (Å²) < 4.78 is 5.12. The maximum atomic E-state index is 8.47. The fourth-order valence-corrected chi connectivity index (χ4v) is 1.26. The van der Waals surface area contributed by atoms with Gasteiger partial charge in [0.15, 0.2) is 0 Å². The van der Waals surface area contributed by atoms with Crippen LogP contribution in [0.1, 0.15) is 6.42 Å². The number of pyridine rings is 1. The predicted octanol–water partition coefficient (Wildman–Crippen LogP) is 1.55. The first-order valence-corrected chi connectivity index (χ1v) is 5.25. The largest absolute Gasteiger partial charge is 0.394 e. The van der Waals surface area contributed by atoms with E-state index >= 15 is 0 Å². The molecule has 1 rings (SSSR count). The van der Waals surface area contributed by atoms with Crippen molar-refractivity contribution in [1.82, 2.24) is 4.98 Å². The lowest BCUT2D eigenvalue weighted by Gasteiger charge is -2.06. The molecule has 0 aromatic carbocycles. The highest BCUT2D eigenvalue weighted by atomic mass is 35.5. The highest BCUT2D eigenvalue weighted by Crippen LogP contribution is 2.11. The zero-order chi connectivity index (χ0) is 10.9. The highest BCUT2D eigenvalue weighted by molar-refractivity contribution is 6.29. The second-order valence-corrected chi connectivity index (χ2v) is 3.37. The average molecular weight is 231 g/mol. The Morgan fingerprint density at radius 1 is 1.47 bits per heavy atom. The van der Waals surface area contributed by atoms with E-state index in [0.717, 1.165) is 18.7 Å². The van der Waals surface area contributed by atoms with E-state index in [2.05, 4.69) is 10.3 Å². The third-order valence-corrected chi connectivity index (χ3v) is 1.96. The smallest absolute Gasteiger partial charge is 0.131 e. The van der Waals surface area contributed by atoms with E-state index in [4.69, 9.17) is 21.4 Å². The molecule has 0 aliphatic rings. The number of nitrogens with one attached hydrogen (secondary N) is 1. The van der Waals surface area contributed by atoms with Gasteiger partial charge in [-0.3, -0.25) is 0 Å². The van der Waals surface area contributed by atoms with E-state index < -0.39 is 0 Å². The molecule has 0 saturated heterocycles. The normalized spacial score (nSPS) is 10.3. The third-order valence-electron chi connectivity index (χ3n) is 1.76. The van der Waals surface area contributed by atoms with Gasteiger partial charge in [0.25, 0.3) is 0 Å². The van der Waals surface area contributed by atoms with Gasteiger partial charge in [0.2, 0.25) is 0 Å². The zero-order valence-corrected chi connectivity index (χ0v) is 9.20. The predicted molar refractivity (Wildman–Crippen MR) is 60.3 cm³/mol. The number of nitrogens with zero attached hydrogens (tertiary/aromatic N) is 1. The molecule has 0 aliphatic heterocycles. The third kappa shape index (κ3) is 5.57. The Morgan fingerprint density at radius 2 is 2.33 bits per heavy atom. The maximum Gasteiger partial charge on any atom is 0.131 e. The summed E-state index contributed by atoms with van der Waals surface area (Å²) in [6, 6.07) is 3.64. The summed E-state index contributed by atoms with van der Waals surface area (Å²) in [5.41, 5.74) is 0.956. The standard InChI is InChI=1S/C10H15ClN2O2/c11-10-8-9(2-4-13-10)12-3-1-6-15-7-5-14/h2,4,8,14H,1,3,5-7H2,(H,12,13). The molecular formula is C10H15ClN2O2. The SMILES string of the molecule is OCCOCCCNc1ccnc(Cl)c1. The number of anilines is 1. The van der Waals surface area contributed by atoms with E-state index in [0.29, 0.717) is 18.4 Å². The van der Waals surface area contributed by atoms with Crippen LogP contribution in [-0.2, 0) is 4.74 Å². The number of aliphatic hydroxyl groups excluding tert-OH is 1. The van der Waals surface area contributed by atoms with Gasteiger partial charge in [-0.15, -0.1) is 0 Å². The molecule has 0 bridgehead atoms. The topological polar surface area (TPSA) is 54.4 Å². The molecule has 0 amide bonds. The van der Waals surface area contributed by atoms with E-state index in [-0.39, 0.29) is 6.61 Å². The van der Waals surface area contributed by atoms with E-state index in [9.17, 15) is 0 Å². The molecule has 4 nitrogen and oxygen atoms in total. The molecule has 0 fully saturated rings. The van der Waals surface area contributed by atoms with Crippen LogP contribution in [0, 0.1) is 0 Å². The first-order chi connectivity index (χ1) is 7.33. The van der Waals surface area contributed by atoms with Crippen LogP contribution in [0.5, 0.6) is 0 Å². The molecule has 1 aromatic rings. The van der Waals surface area contributed by atoms with Crippen LogP contribution in [0.15, 0.2) is 18.3 Å². The Hall–Kier alpha value is -0.840. The first-order valence-electron chi connectivity index (χ1n) is 4.87. The molecule has 0 spiro atoms. The van der Waals surface area contributed by atoms with Crippen molar-refractivity contribution in [1.29, 1.82) is 0 Å². The van der Waals surface area contributed by atoms with Crippen molar-refractivity contribution in [2.45, 2.75) is 6.42 Å². The second-order valence-electron chi connectivity index (χ2n) is 2.98. The molecule has 2 N–H and O–H groups in total. The van der Waals surface area contributed by atoms with Crippen molar-refractivity contribution in [2.75, 3.05) is 31.7 Å². The van der Waals surface area contributed by atoms with Gasteiger partial charge in [-0.2, -0.15) is 0 Å². The minimum absolute atomic E-state index is 0.0768. The maximum absolute atomic E-state index is 8.47. The molecule has 0 saturated carbocycles. The van der Waals surface area contributed by atoms with Crippen LogP contribution in [0.3, 0.4) is 0 Å². The van der Waals surface area contributed by atoms with Gasteiger partial charge in [-0.05, 0) is 18.6 Å². The Bertz CT molecular complexity index is 284. The Morgan fingerprint density at radius 3 is 3.07 bits per heavy atom. The van der Waals surface area contributed by atoms with Gasteiger partial charge in [0.1, 0.15) is 5.15 Å². The summed E-state index contributed by atoms with van der Waals surface area (Å²) in [5.74, 6) is 0. The van der Waals surface area contributed by atoms with Crippen molar-refractivity contribution in [3.05, 3.63) is 23.5 Å². The molecule has 84 valence electrons. The van der Waals surface area contributed by atoms with Crippen molar-refractivity contribution < 1.29 is 9.84 Å². The lowest BCUT2D eigenvalue weighted by atomic mass is 10.4. The molecule has 0 atom stereocenters. The number of hydrogen-bond acceptors (Lipinski definition) is 4. The Labute approximate surface area is 94.2 Å². The summed E-state index contributed by atoms with van der Waals surface area (Å²) in [7, 11) is 0. The number of rotatable bonds is 7. The minimum atomic E-state index is 0.0768. The van der Waals surface area contributed by atoms with Crippen LogP contribution in [0.2, 0.25) is 5.15 Å². The van der Waals surface area contributed by atoms with Gasteiger partial charge in [-0.25, -0.2) is 4.98 Å². The van der Waals surface area contributed by atoms with Gasteiger partial charge in [0.05, 0.1) is 13.2 Å². The van der Waals surface area contributed by atoms with Crippen LogP contribution in [0.4, 0.5) is 5.69 Å². The van der Waals surface area contributed by atoms with Crippen LogP contribution in [-0.4, -0.2) is 36.5 Å². The molecule has 0 unspecified atom stereocenters. The summed E-state index contributed by atoms with van der Waals surface area (Å²) in [6.45, 7) is 1.94. The molecule has 5 heteroatoms. The fourth-order valence-electron chi connectivity index (χ4n) is 1.09. The van der Waals surface area contributed by atoms with Gasteiger partial charge < -0.3 is 15.2 Å². The molecule has 1 aromatic heterocycles. The number of halogens is 1. The Kier molecular flexibility index (Phi) is 6.08. The van der Waals surface area contributed by atoms with Crippen LogP contribution >= 0.6 is 11.6 Å². The molecule has 0 aliphatic carbocycles. The number of hydrogen-bond donors (Lipinski definition) is 2. The van der Waals surface area contributed by atoms with Gasteiger partial charge in [-0.1, -0.05) is 11.6 Å². The summed E-state index contributed by atoms with van der Waals surface area (Å²) in [4.78, 5) is 3.88. The fraction of sp³-hybridized carbons (Fsp3) is 0.500. The van der Waals surface area contributed by atoms with E-state index in [1.807, 2.05) is 6.07 Å². The van der Waals surface area contributed by atoms with Crippen molar-refractivity contribution >= 4 is 17.3 Å². The summed E-state index contributed by atoms with van der Waals surface area (Å²) in [6.07, 6.45) is 2.55. The van der Waals surface area contributed by atoms with Crippen LogP contribution < -0.4 is 5.32 Å². The second kappa shape index (κ2) is 7.45. The van der Waals surface area contributed by atoms with Crippen molar-refractivity contribution in [2.24, 2.45) is 0 Å². The van der Waals surface area contributed by atoms with E-state index in [1.165, 1.54) is 0 Å². The van der Waals surface area contributed by atoms with Crippen molar-refractivity contribution in [3.8, 4) is 0 Å². The summed E-state index contributed by atoms with van der Waals surface area (Å²) in [5, 5.41) is 12.1.